The standard InChI is InChI=1S/C20H29ClN2O5/c1-20(2,3)28-19(25)23-13-5-8-15(9-6-13)27-17-11-14(22-18(24)12-21)7-10-16(17)26-4/h7,10-11,13,15H,5-6,8-9,12H2,1-4H3,(H,22,24)(H,23,25). The molecule has 1 aliphatic carbocycles. The lowest BCUT2D eigenvalue weighted by Crippen LogP contribution is -2.42. The summed E-state index contributed by atoms with van der Waals surface area (Å²) in [5.41, 5.74) is 0.0897. The van der Waals surface area contributed by atoms with Crippen LogP contribution >= 0.6 is 11.6 Å². The van der Waals surface area contributed by atoms with Crippen LogP contribution in [-0.2, 0) is 9.53 Å². The second-order valence-electron chi connectivity index (χ2n) is 7.79. The summed E-state index contributed by atoms with van der Waals surface area (Å²) in [4.78, 5) is 23.4. The molecule has 2 N–H and O–H groups in total. The summed E-state index contributed by atoms with van der Waals surface area (Å²) >= 11 is 5.53. The van der Waals surface area contributed by atoms with Gasteiger partial charge in [0.25, 0.3) is 0 Å². The van der Waals surface area contributed by atoms with Gasteiger partial charge in [0.15, 0.2) is 11.5 Å². The quantitative estimate of drug-likeness (QED) is 0.687. The Morgan fingerprint density at radius 2 is 1.82 bits per heavy atom. The van der Waals surface area contributed by atoms with Gasteiger partial charge in [0.1, 0.15) is 11.5 Å². The van der Waals surface area contributed by atoms with E-state index in [1.165, 1.54) is 0 Å². The molecule has 0 bridgehead atoms. The molecule has 0 aromatic heterocycles. The number of alkyl carbamates (subject to hydrolysis) is 1. The van der Waals surface area contributed by atoms with E-state index in [1.54, 1.807) is 25.3 Å². The fraction of sp³-hybridized carbons (Fsp3) is 0.600. The van der Waals surface area contributed by atoms with Crippen LogP contribution in [0.5, 0.6) is 11.5 Å². The van der Waals surface area contributed by atoms with Gasteiger partial charge in [0.05, 0.1) is 13.2 Å². The third-order valence-corrected chi connectivity index (χ3v) is 4.50. The van der Waals surface area contributed by atoms with Crippen LogP contribution in [0.2, 0.25) is 0 Å². The topological polar surface area (TPSA) is 85.9 Å². The summed E-state index contributed by atoms with van der Waals surface area (Å²) in [6, 6.07) is 5.28. The molecule has 0 heterocycles. The summed E-state index contributed by atoms with van der Waals surface area (Å²) in [5.74, 6) is 0.763. The first-order valence-electron chi connectivity index (χ1n) is 9.40. The van der Waals surface area contributed by atoms with Crippen molar-refractivity contribution in [2.75, 3.05) is 18.3 Å². The molecule has 8 heteroatoms. The number of rotatable bonds is 6. The maximum absolute atomic E-state index is 11.9. The Labute approximate surface area is 171 Å². The Kier molecular flexibility index (Phi) is 7.80. The number of hydrogen-bond donors (Lipinski definition) is 2. The van der Waals surface area contributed by atoms with Crippen molar-refractivity contribution < 1.29 is 23.8 Å². The number of benzene rings is 1. The zero-order valence-corrected chi connectivity index (χ0v) is 17.6. The zero-order chi connectivity index (χ0) is 20.7. The van der Waals surface area contributed by atoms with Crippen LogP contribution in [-0.4, -0.2) is 42.7 Å². The number of alkyl halides is 1. The molecular weight excluding hydrogens is 384 g/mol. The Morgan fingerprint density at radius 3 is 2.39 bits per heavy atom. The number of nitrogens with one attached hydrogen (secondary N) is 2. The van der Waals surface area contributed by atoms with Gasteiger partial charge in [-0.3, -0.25) is 4.79 Å². The van der Waals surface area contributed by atoms with Crippen molar-refractivity contribution in [1.82, 2.24) is 5.32 Å². The molecule has 0 atom stereocenters. The summed E-state index contributed by atoms with van der Waals surface area (Å²) in [6.45, 7) is 5.52. The van der Waals surface area contributed by atoms with Gasteiger partial charge < -0.3 is 24.8 Å². The molecule has 1 saturated carbocycles. The summed E-state index contributed by atoms with van der Waals surface area (Å²) in [7, 11) is 1.57. The number of anilines is 1. The average molecular weight is 413 g/mol. The lowest BCUT2D eigenvalue weighted by Gasteiger charge is -2.30. The number of hydrogen-bond acceptors (Lipinski definition) is 5. The first-order chi connectivity index (χ1) is 13.2. The Bertz CT molecular complexity index is 682. The minimum Gasteiger partial charge on any atom is -0.493 e. The first-order valence-corrected chi connectivity index (χ1v) is 9.93. The van der Waals surface area contributed by atoms with Crippen LogP contribution in [0.25, 0.3) is 0 Å². The Morgan fingerprint density at radius 1 is 1.14 bits per heavy atom. The maximum Gasteiger partial charge on any atom is 0.407 e. The molecular formula is C20H29ClN2O5. The number of carbonyl (C=O) groups excluding carboxylic acids is 2. The third-order valence-electron chi connectivity index (χ3n) is 4.26. The van der Waals surface area contributed by atoms with Crippen molar-refractivity contribution in [1.29, 1.82) is 0 Å². The number of ether oxygens (including phenoxy) is 3. The van der Waals surface area contributed by atoms with E-state index in [1.807, 2.05) is 20.8 Å². The highest BCUT2D eigenvalue weighted by atomic mass is 35.5. The van der Waals surface area contributed by atoms with Gasteiger partial charge in [0.2, 0.25) is 5.91 Å². The molecule has 28 heavy (non-hydrogen) atoms. The molecule has 0 spiro atoms. The van der Waals surface area contributed by atoms with E-state index < -0.39 is 5.60 Å². The van der Waals surface area contributed by atoms with Gasteiger partial charge in [-0.15, -0.1) is 11.6 Å². The molecule has 1 aliphatic rings. The molecule has 1 aromatic carbocycles. The fourth-order valence-electron chi connectivity index (χ4n) is 3.02. The SMILES string of the molecule is COc1ccc(NC(=O)CCl)cc1OC1CCC(NC(=O)OC(C)(C)C)CC1. The highest BCUT2D eigenvalue weighted by Crippen LogP contribution is 2.33. The fourth-order valence-corrected chi connectivity index (χ4v) is 3.09. The van der Waals surface area contributed by atoms with E-state index in [0.717, 1.165) is 25.7 Å². The van der Waals surface area contributed by atoms with Crippen LogP contribution < -0.4 is 20.1 Å². The maximum atomic E-state index is 11.9. The molecule has 0 aliphatic heterocycles. The molecule has 2 rings (SSSR count). The van der Waals surface area contributed by atoms with E-state index in [0.29, 0.717) is 17.2 Å². The van der Waals surface area contributed by atoms with Gasteiger partial charge in [-0.05, 0) is 58.6 Å². The van der Waals surface area contributed by atoms with E-state index in [2.05, 4.69) is 10.6 Å². The van der Waals surface area contributed by atoms with E-state index in [9.17, 15) is 9.59 Å². The summed E-state index contributed by atoms with van der Waals surface area (Å²) in [5, 5.41) is 5.62. The highest BCUT2D eigenvalue weighted by molar-refractivity contribution is 6.29. The molecule has 1 fully saturated rings. The second kappa shape index (κ2) is 9.87. The second-order valence-corrected chi connectivity index (χ2v) is 8.05. The van der Waals surface area contributed by atoms with Crippen LogP contribution in [0.15, 0.2) is 18.2 Å². The van der Waals surface area contributed by atoms with Crippen LogP contribution in [0.4, 0.5) is 10.5 Å². The molecule has 0 unspecified atom stereocenters. The van der Waals surface area contributed by atoms with E-state index >= 15 is 0 Å². The molecule has 156 valence electrons. The smallest absolute Gasteiger partial charge is 0.407 e. The summed E-state index contributed by atoms with van der Waals surface area (Å²) in [6.07, 6.45) is 2.80. The van der Waals surface area contributed by atoms with Crippen LogP contribution in [0.1, 0.15) is 46.5 Å². The average Bonchev–Trinajstić information content (AvgIpc) is 2.62. The predicted octanol–water partition coefficient (Wildman–Crippen LogP) is 4.09. The number of amides is 2. The first kappa shape index (κ1) is 22.1. The van der Waals surface area contributed by atoms with E-state index in [4.69, 9.17) is 25.8 Å². The van der Waals surface area contributed by atoms with Crippen molar-refractivity contribution in [3.05, 3.63) is 18.2 Å². The van der Waals surface area contributed by atoms with Gasteiger partial charge >= 0.3 is 6.09 Å². The van der Waals surface area contributed by atoms with Crippen molar-refractivity contribution in [3.63, 3.8) is 0 Å². The van der Waals surface area contributed by atoms with Crippen LogP contribution in [0.3, 0.4) is 0 Å². The van der Waals surface area contributed by atoms with Crippen molar-refractivity contribution in [2.24, 2.45) is 0 Å². The predicted molar refractivity (Wildman–Crippen MR) is 108 cm³/mol. The number of carbonyl (C=O) groups is 2. The van der Waals surface area contributed by atoms with E-state index in [-0.39, 0.29) is 30.0 Å². The Hall–Kier alpha value is -2.15. The number of halogens is 1. The van der Waals surface area contributed by atoms with Gasteiger partial charge in [-0.2, -0.15) is 0 Å². The molecule has 0 saturated heterocycles. The van der Waals surface area contributed by atoms with Gasteiger partial charge in [-0.25, -0.2) is 4.79 Å². The summed E-state index contributed by atoms with van der Waals surface area (Å²) < 4.78 is 16.8. The van der Waals surface area contributed by atoms with Gasteiger partial charge in [-0.1, -0.05) is 0 Å². The molecule has 2 amide bonds. The normalized spacial score (nSPS) is 19.5. The van der Waals surface area contributed by atoms with Crippen LogP contribution in [0, 0.1) is 0 Å². The van der Waals surface area contributed by atoms with Crippen molar-refractivity contribution in [2.45, 2.75) is 64.2 Å². The monoisotopic (exact) mass is 412 g/mol. The molecule has 0 radical (unpaired) electrons. The third kappa shape index (κ3) is 7.11. The Balaban J connectivity index is 1.90. The lowest BCUT2D eigenvalue weighted by molar-refractivity contribution is -0.113. The molecule has 1 aromatic rings. The van der Waals surface area contributed by atoms with Crippen molar-refractivity contribution in [3.8, 4) is 11.5 Å². The highest BCUT2D eigenvalue weighted by Gasteiger charge is 2.26. The molecule has 7 nitrogen and oxygen atoms in total. The zero-order valence-electron chi connectivity index (χ0n) is 16.8. The minimum atomic E-state index is -0.509. The largest absolute Gasteiger partial charge is 0.493 e. The number of methoxy groups -OCH3 is 1. The minimum absolute atomic E-state index is 0.00423. The van der Waals surface area contributed by atoms with Gasteiger partial charge in [0, 0.05) is 17.8 Å². The lowest BCUT2D eigenvalue weighted by atomic mass is 9.93. The van der Waals surface area contributed by atoms with Crippen molar-refractivity contribution >= 4 is 29.3 Å².